The quantitative estimate of drug-likeness (QED) is 0.780. The monoisotopic (exact) mass is 327 g/mol. The van der Waals surface area contributed by atoms with E-state index in [4.69, 9.17) is 4.42 Å². The summed E-state index contributed by atoms with van der Waals surface area (Å²) in [7, 11) is 0. The molecular formula is C17H17N3O2S. The number of aryl methyl sites for hydroxylation is 2. The average molecular weight is 327 g/mol. The molecule has 0 aliphatic heterocycles. The predicted molar refractivity (Wildman–Crippen MR) is 89.6 cm³/mol. The van der Waals surface area contributed by atoms with Crippen LogP contribution in [0, 0.1) is 13.8 Å². The second-order valence-corrected chi connectivity index (χ2v) is 6.23. The zero-order valence-electron chi connectivity index (χ0n) is 13.0. The van der Waals surface area contributed by atoms with Crippen LogP contribution in [0.2, 0.25) is 0 Å². The highest BCUT2D eigenvalue weighted by Gasteiger charge is 2.10. The van der Waals surface area contributed by atoms with Crippen LogP contribution in [0.15, 0.2) is 40.1 Å². The Morgan fingerprint density at radius 3 is 2.83 bits per heavy atom. The number of benzene rings is 1. The molecule has 0 saturated heterocycles. The Morgan fingerprint density at radius 2 is 2.09 bits per heavy atom. The van der Waals surface area contributed by atoms with Crippen LogP contribution >= 0.6 is 11.3 Å². The molecule has 1 aromatic carbocycles. The topological polar surface area (TPSA) is 68.0 Å². The highest BCUT2D eigenvalue weighted by atomic mass is 32.1. The molecular weight excluding hydrogens is 310 g/mol. The zero-order valence-corrected chi connectivity index (χ0v) is 13.8. The van der Waals surface area contributed by atoms with Gasteiger partial charge in [0.2, 0.25) is 5.89 Å². The van der Waals surface area contributed by atoms with Crippen LogP contribution in [0.4, 0.5) is 0 Å². The van der Waals surface area contributed by atoms with E-state index in [-0.39, 0.29) is 5.91 Å². The normalized spacial score (nSPS) is 10.7. The lowest BCUT2D eigenvalue weighted by Gasteiger charge is -2.06. The highest BCUT2D eigenvalue weighted by Crippen LogP contribution is 2.22. The van der Waals surface area contributed by atoms with E-state index in [1.807, 2.05) is 49.6 Å². The molecule has 3 rings (SSSR count). The maximum Gasteiger partial charge on any atom is 0.257 e. The largest absolute Gasteiger partial charge is 0.420 e. The number of nitrogens with one attached hydrogen (secondary N) is 1. The Labute approximate surface area is 138 Å². The third-order valence-electron chi connectivity index (χ3n) is 3.59. The molecule has 0 aliphatic carbocycles. The summed E-state index contributed by atoms with van der Waals surface area (Å²) < 4.78 is 5.59. The molecule has 0 radical (unpaired) electrons. The molecule has 1 amide bonds. The van der Waals surface area contributed by atoms with Gasteiger partial charge in [-0.15, -0.1) is 21.5 Å². The number of hydrogen-bond donors (Lipinski definition) is 1. The molecule has 3 aromatic rings. The Balaban J connectivity index is 1.55. The average Bonchev–Trinajstić information content (AvgIpc) is 3.20. The summed E-state index contributed by atoms with van der Waals surface area (Å²) in [5.74, 6) is 0.954. The summed E-state index contributed by atoms with van der Waals surface area (Å²) in [6.07, 6.45) is 0.509. The van der Waals surface area contributed by atoms with Crippen molar-refractivity contribution in [2.75, 3.05) is 6.54 Å². The van der Waals surface area contributed by atoms with E-state index in [2.05, 4.69) is 15.5 Å². The van der Waals surface area contributed by atoms with Gasteiger partial charge in [-0.05, 0) is 48.6 Å². The van der Waals surface area contributed by atoms with Gasteiger partial charge in [0.05, 0.1) is 4.88 Å². The fourth-order valence-electron chi connectivity index (χ4n) is 2.12. The van der Waals surface area contributed by atoms with Crippen LogP contribution in [0.5, 0.6) is 0 Å². The molecule has 2 heterocycles. The summed E-state index contributed by atoms with van der Waals surface area (Å²) in [6, 6.07) is 9.55. The van der Waals surface area contributed by atoms with Gasteiger partial charge in [0, 0.05) is 18.5 Å². The lowest BCUT2D eigenvalue weighted by atomic mass is 10.1. The smallest absolute Gasteiger partial charge is 0.257 e. The van der Waals surface area contributed by atoms with Crippen molar-refractivity contribution in [1.82, 2.24) is 15.5 Å². The van der Waals surface area contributed by atoms with E-state index in [0.29, 0.717) is 30.3 Å². The van der Waals surface area contributed by atoms with E-state index in [1.165, 1.54) is 5.56 Å². The van der Waals surface area contributed by atoms with Gasteiger partial charge in [0.15, 0.2) is 0 Å². The number of rotatable bonds is 5. The van der Waals surface area contributed by atoms with Crippen molar-refractivity contribution in [2.45, 2.75) is 20.3 Å². The maximum atomic E-state index is 12.1. The molecule has 6 heteroatoms. The zero-order chi connectivity index (χ0) is 16.2. The molecule has 0 bridgehead atoms. The van der Waals surface area contributed by atoms with Gasteiger partial charge < -0.3 is 9.73 Å². The van der Waals surface area contributed by atoms with E-state index in [0.717, 1.165) is 10.4 Å². The van der Waals surface area contributed by atoms with Gasteiger partial charge in [-0.3, -0.25) is 4.79 Å². The molecule has 0 unspecified atom stereocenters. The minimum atomic E-state index is -0.0916. The summed E-state index contributed by atoms with van der Waals surface area (Å²) >= 11 is 1.55. The first kappa shape index (κ1) is 15.4. The van der Waals surface area contributed by atoms with Crippen molar-refractivity contribution in [3.05, 3.63) is 58.3 Å². The fraction of sp³-hybridized carbons (Fsp3) is 0.235. The fourth-order valence-corrected chi connectivity index (χ4v) is 2.77. The summed E-state index contributed by atoms with van der Waals surface area (Å²) in [5, 5.41) is 12.9. The highest BCUT2D eigenvalue weighted by molar-refractivity contribution is 7.13. The molecule has 0 saturated carbocycles. The first-order valence-electron chi connectivity index (χ1n) is 7.35. The number of amides is 1. The number of carbonyl (C=O) groups is 1. The minimum Gasteiger partial charge on any atom is -0.420 e. The van der Waals surface area contributed by atoms with Crippen molar-refractivity contribution in [2.24, 2.45) is 0 Å². The van der Waals surface area contributed by atoms with Crippen molar-refractivity contribution in [3.8, 4) is 10.8 Å². The van der Waals surface area contributed by atoms with Gasteiger partial charge in [-0.2, -0.15) is 0 Å². The molecule has 0 atom stereocenters. The predicted octanol–water partition coefficient (Wildman–Crippen LogP) is 3.39. The minimum absolute atomic E-state index is 0.0916. The molecule has 5 nitrogen and oxygen atoms in total. The van der Waals surface area contributed by atoms with Gasteiger partial charge in [-0.25, -0.2) is 0 Å². The Kier molecular flexibility index (Phi) is 4.52. The van der Waals surface area contributed by atoms with E-state index in [1.54, 1.807) is 11.3 Å². The van der Waals surface area contributed by atoms with Crippen molar-refractivity contribution < 1.29 is 9.21 Å². The van der Waals surface area contributed by atoms with Gasteiger partial charge in [-0.1, -0.05) is 12.1 Å². The maximum absolute atomic E-state index is 12.1. The second-order valence-electron chi connectivity index (χ2n) is 5.28. The molecule has 0 fully saturated rings. The number of aromatic nitrogens is 2. The summed E-state index contributed by atoms with van der Waals surface area (Å²) in [4.78, 5) is 13.1. The van der Waals surface area contributed by atoms with Crippen LogP contribution in [0.25, 0.3) is 10.8 Å². The number of nitrogens with zero attached hydrogens (tertiary/aromatic N) is 2. The van der Waals surface area contributed by atoms with E-state index in [9.17, 15) is 4.79 Å². The van der Waals surface area contributed by atoms with Crippen molar-refractivity contribution in [3.63, 3.8) is 0 Å². The van der Waals surface area contributed by atoms with Crippen LogP contribution in [0.1, 0.15) is 27.4 Å². The Hall–Kier alpha value is -2.47. The SMILES string of the molecule is Cc1ccc(C(=O)NCCc2nnc(-c3cccs3)o2)cc1C. The first-order chi connectivity index (χ1) is 11.1. The third-order valence-corrected chi connectivity index (χ3v) is 4.45. The molecule has 0 spiro atoms. The van der Waals surface area contributed by atoms with E-state index >= 15 is 0 Å². The molecule has 2 aromatic heterocycles. The number of hydrogen-bond acceptors (Lipinski definition) is 5. The lowest BCUT2D eigenvalue weighted by molar-refractivity contribution is 0.0953. The standard InChI is InChI=1S/C17H17N3O2S/c1-11-5-6-13(10-12(11)2)16(21)18-8-7-15-19-20-17(22-15)14-4-3-9-23-14/h3-6,9-10H,7-8H2,1-2H3,(H,18,21). The molecule has 0 aliphatic rings. The van der Waals surface area contributed by atoms with Crippen LogP contribution in [-0.2, 0) is 6.42 Å². The first-order valence-corrected chi connectivity index (χ1v) is 8.23. The van der Waals surface area contributed by atoms with Gasteiger partial charge in [0.25, 0.3) is 11.8 Å². The van der Waals surface area contributed by atoms with Crippen LogP contribution in [-0.4, -0.2) is 22.6 Å². The van der Waals surface area contributed by atoms with Gasteiger partial charge >= 0.3 is 0 Å². The third kappa shape index (κ3) is 3.65. The van der Waals surface area contributed by atoms with Crippen LogP contribution in [0.3, 0.4) is 0 Å². The summed E-state index contributed by atoms with van der Waals surface area (Å²) in [6.45, 7) is 4.48. The molecule has 23 heavy (non-hydrogen) atoms. The van der Waals surface area contributed by atoms with Crippen molar-refractivity contribution >= 4 is 17.2 Å². The Morgan fingerprint density at radius 1 is 1.22 bits per heavy atom. The van der Waals surface area contributed by atoms with Crippen molar-refractivity contribution in [1.29, 1.82) is 0 Å². The second kappa shape index (κ2) is 6.75. The summed E-state index contributed by atoms with van der Waals surface area (Å²) in [5.41, 5.74) is 2.95. The number of carbonyl (C=O) groups excluding carboxylic acids is 1. The molecule has 1 N–H and O–H groups in total. The lowest BCUT2D eigenvalue weighted by Crippen LogP contribution is -2.25. The molecule has 118 valence electrons. The van der Waals surface area contributed by atoms with E-state index < -0.39 is 0 Å². The van der Waals surface area contributed by atoms with Crippen LogP contribution < -0.4 is 5.32 Å². The van der Waals surface area contributed by atoms with Gasteiger partial charge in [0.1, 0.15) is 0 Å². The number of thiophene rings is 1. The Bertz CT molecular complexity index is 809.